The van der Waals surface area contributed by atoms with Crippen molar-refractivity contribution in [1.29, 1.82) is 0 Å². The molecule has 0 saturated heterocycles. The summed E-state index contributed by atoms with van der Waals surface area (Å²) in [5.41, 5.74) is 2.07. The Labute approximate surface area is 201 Å². The van der Waals surface area contributed by atoms with Crippen LogP contribution < -0.4 is 10.6 Å². The van der Waals surface area contributed by atoms with Gasteiger partial charge in [-0.25, -0.2) is 13.4 Å². The monoisotopic (exact) mass is 565 g/mol. The normalized spacial score (nSPS) is 12.2. The highest BCUT2D eigenvalue weighted by Crippen LogP contribution is 2.17. The van der Waals surface area contributed by atoms with Crippen molar-refractivity contribution in [2.24, 2.45) is 4.99 Å². The molecule has 30 heavy (non-hydrogen) atoms. The lowest BCUT2D eigenvalue weighted by Crippen LogP contribution is -2.37. The fourth-order valence-electron chi connectivity index (χ4n) is 2.56. The van der Waals surface area contributed by atoms with Gasteiger partial charge in [-0.05, 0) is 45.4 Å². The summed E-state index contributed by atoms with van der Waals surface area (Å²) >= 11 is 1.73. The van der Waals surface area contributed by atoms with Crippen LogP contribution in [0.4, 0.5) is 0 Å². The predicted octanol–water partition coefficient (Wildman–Crippen LogP) is 3.31. The zero-order chi connectivity index (χ0) is 21.6. The minimum absolute atomic E-state index is 0. The van der Waals surface area contributed by atoms with Gasteiger partial charge in [0.2, 0.25) is 10.0 Å². The van der Waals surface area contributed by atoms with E-state index in [1.165, 1.54) is 9.18 Å². The van der Waals surface area contributed by atoms with E-state index in [-0.39, 0.29) is 30.0 Å². The molecule has 0 aliphatic carbocycles. The maximum Gasteiger partial charge on any atom is 0.243 e. The van der Waals surface area contributed by atoms with E-state index in [9.17, 15) is 8.42 Å². The van der Waals surface area contributed by atoms with Crippen LogP contribution in [0.3, 0.4) is 0 Å². The van der Waals surface area contributed by atoms with Crippen LogP contribution in [-0.2, 0) is 23.0 Å². The number of aliphatic imine (C=N–C) groups is 1. The molecular formula is C20H32IN5O2S2. The second-order valence-electron chi connectivity index (χ2n) is 7.11. The molecule has 7 nitrogen and oxygen atoms in total. The van der Waals surface area contributed by atoms with Crippen molar-refractivity contribution >= 4 is 51.3 Å². The second kappa shape index (κ2) is 12.0. The molecule has 10 heteroatoms. The Morgan fingerprint density at radius 1 is 1.20 bits per heavy atom. The molecule has 1 aromatic carbocycles. The largest absolute Gasteiger partial charge is 0.356 e. The maximum absolute atomic E-state index is 12.5. The van der Waals surface area contributed by atoms with E-state index in [0.717, 1.165) is 29.2 Å². The Hall–Kier alpha value is -1.24. The number of nitrogens with zero attached hydrogens (tertiary/aromatic N) is 3. The van der Waals surface area contributed by atoms with Crippen LogP contribution in [0.5, 0.6) is 0 Å². The fourth-order valence-corrected chi connectivity index (χ4v) is 4.86. The van der Waals surface area contributed by atoms with Gasteiger partial charge in [0.25, 0.3) is 0 Å². The van der Waals surface area contributed by atoms with Crippen molar-refractivity contribution < 1.29 is 8.42 Å². The summed E-state index contributed by atoms with van der Waals surface area (Å²) in [6.07, 6.45) is 0.843. The SMILES string of the molecule is CN=C(NCCc1nc(C)c(C)s1)NCc1ccc(S(=O)(=O)N(C)C(C)C)cc1.I. The lowest BCUT2D eigenvalue weighted by molar-refractivity contribution is 0.410. The summed E-state index contributed by atoms with van der Waals surface area (Å²) in [5, 5.41) is 7.65. The van der Waals surface area contributed by atoms with Crippen molar-refractivity contribution in [3.8, 4) is 0 Å². The number of halogens is 1. The van der Waals surface area contributed by atoms with Crippen LogP contribution in [0.15, 0.2) is 34.2 Å². The summed E-state index contributed by atoms with van der Waals surface area (Å²) < 4.78 is 26.4. The van der Waals surface area contributed by atoms with Crippen LogP contribution in [0.1, 0.15) is 35.0 Å². The lowest BCUT2D eigenvalue weighted by Gasteiger charge is -2.21. The molecule has 1 aromatic heterocycles. The molecule has 0 aliphatic rings. The molecule has 168 valence electrons. The number of hydrogen-bond donors (Lipinski definition) is 2. The summed E-state index contributed by atoms with van der Waals surface area (Å²) in [4.78, 5) is 10.3. The number of aryl methyl sites for hydroxylation is 2. The maximum atomic E-state index is 12.5. The highest BCUT2D eigenvalue weighted by molar-refractivity contribution is 14.0. The number of sulfonamides is 1. The Morgan fingerprint density at radius 2 is 1.83 bits per heavy atom. The van der Waals surface area contributed by atoms with Crippen LogP contribution >= 0.6 is 35.3 Å². The van der Waals surface area contributed by atoms with Crippen molar-refractivity contribution in [3.63, 3.8) is 0 Å². The quantitative estimate of drug-likeness (QED) is 0.292. The molecule has 0 radical (unpaired) electrons. The topological polar surface area (TPSA) is 86.7 Å². The van der Waals surface area contributed by atoms with Gasteiger partial charge in [0, 0.05) is 44.5 Å². The Morgan fingerprint density at radius 3 is 2.33 bits per heavy atom. The number of benzene rings is 1. The van der Waals surface area contributed by atoms with Gasteiger partial charge in [-0.1, -0.05) is 12.1 Å². The van der Waals surface area contributed by atoms with E-state index in [0.29, 0.717) is 17.4 Å². The highest BCUT2D eigenvalue weighted by atomic mass is 127. The molecule has 0 fully saturated rings. The van der Waals surface area contributed by atoms with Gasteiger partial charge in [-0.3, -0.25) is 4.99 Å². The van der Waals surface area contributed by atoms with Gasteiger partial charge >= 0.3 is 0 Å². The smallest absolute Gasteiger partial charge is 0.243 e. The molecule has 0 bridgehead atoms. The van der Waals surface area contributed by atoms with E-state index < -0.39 is 10.0 Å². The van der Waals surface area contributed by atoms with Crippen LogP contribution in [0.2, 0.25) is 0 Å². The van der Waals surface area contributed by atoms with Crippen molar-refractivity contribution in [2.75, 3.05) is 20.6 Å². The van der Waals surface area contributed by atoms with E-state index >= 15 is 0 Å². The molecule has 0 atom stereocenters. The third-order valence-electron chi connectivity index (χ3n) is 4.72. The molecule has 2 rings (SSSR count). The zero-order valence-corrected chi connectivity index (χ0v) is 22.4. The third kappa shape index (κ3) is 7.17. The van der Waals surface area contributed by atoms with E-state index in [1.54, 1.807) is 37.6 Å². The first-order valence-electron chi connectivity index (χ1n) is 9.59. The Bertz CT molecular complexity index is 921. The van der Waals surface area contributed by atoms with E-state index in [2.05, 4.69) is 27.5 Å². The average molecular weight is 566 g/mol. The number of hydrogen-bond acceptors (Lipinski definition) is 5. The lowest BCUT2D eigenvalue weighted by atomic mass is 10.2. The number of guanidine groups is 1. The van der Waals surface area contributed by atoms with Crippen molar-refractivity contribution in [2.45, 2.75) is 51.6 Å². The molecule has 0 amide bonds. The van der Waals surface area contributed by atoms with Gasteiger partial charge < -0.3 is 10.6 Å². The molecule has 0 unspecified atom stereocenters. The molecule has 2 aromatic rings. The second-order valence-corrected chi connectivity index (χ2v) is 10.4. The van der Waals surface area contributed by atoms with Crippen LogP contribution in [-0.4, -0.2) is 50.3 Å². The van der Waals surface area contributed by atoms with Gasteiger partial charge in [-0.15, -0.1) is 35.3 Å². The number of aromatic nitrogens is 1. The van der Waals surface area contributed by atoms with Gasteiger partial charge in [0.05, 0.1) is 15.6 Å². The van der Waals surface area contributed by atoms with Crippen molar-refractivity contribution in [1.82, 2.24) is 19.9 Å². The number of nitrogens with one attached hydrogen (secondary N) is 2. The first-order chi connectivity index (χ1) is 13.6. The zero-order valence-electron chi connectivity index (χ0n) is 18.4. The summed E-state index contributed by atoms with van der Waals surface area (Å²) in [6, 6.07) is 6.85. The van der Waals surface area contributed by atoms with Gasteiger partial charge in [-0.2, -0.15) is 4.31 Å². The highest BCUT2D eigenvalue weighted by Gasteiger charge is 2.22. The molecule has 0 aliphatic heterocycles. The molecular weight excluding hydrogens is 533 g/mol. The van der Waals surface area contributed by atoms with E-state index in [4.69, 9.17) is 0 Å². The molecule has 0 saturated carbocycles. The summed E-state index contributed by atoms with van der Waals surface area (Å²) in [7, 11) is -0.135. The Balaban J connectivity index is 0.00000450. The Kier molecular flexibility index (Phi) is 10.7. The van der Waals surface area contributed by atoms with Crippen LogP contribution in [0.25, 0.3) is 0 Å². The minimum atomic E-state index is -3.46. The summed E-state index contributed by atoms with van der Waals surface area (Å²) in [5.74, 6) is 0.700. The van der Waals surface area contributed by atoms with Gasteiger partial charge in [0.1, 0.15) is 0 Å². The third-order valence-corrected chi connectivity index (χ3v) is 7.90. The fraction of sp³-hybridized carbons (Fsp3) is 0.500. The van der Waals surface area contributed by atoms with Crippen molar-refractivity contribution in [3.05, 3.63) is 45.4 Å². The summed E-state index contributed by atoms with van der Waals surface area (Å²) in [6.45, 7) is 9.11. The average Bonchev–Trinajstić information content (AvgIpc) is 3.01. The minimum Gasteiger partial charge on any atom is -0.356 e. The molecule has 2 N–H and O–H groups in total. The molecule has 1 heterocycles. The number of thiazole rings is 1. The van der Waals surface area contributed by atoms with E-state index in [1.807, 2.05) is 32.9 Å². The predicted molar refractivity (Wildman–Crippen MR) is 135 cm³/mol. The first kappa shape index (κ1) is 26.8. The first-order valence-corrected chi connectivity index (χ1v) is 11.8. The standard InChI is InChI=1S/C20H31N5O2S2.HI/c1-14(2)25(6)29(26,27)18-9-7-17(8-10-18)13-23-20(21-5)22-12-11-19-24-15(3)16(4)28-19;/h7-10,14H,11-13H2,1-6H3,(H2,21,22,23);1H. The molecule has 0 spiro atoms. The number of rotatable bonds is 8. The van der Waals surface area contributed by atoms with Crippen LogP contribution in [0, 0.1) is 13.8 Å². The van der Waals surface area contributed by atoms with Gasteiger partial charge in [0.15, 0.2) is 5.96 Å².